The number of rotatable bonds is 0. The third-order valence-corrected chi connectivity index (χ3v) is 0.970. The van der Waals surface area contributed by atoms with Crippen LogP contribution in [-0.2, 0) is 7.05 Å². The minimum Gasteiger partial charge on any atom is -0.267 e. The maximum Gasteiger partial charge on any atom is 0.344 e. The fourth-order valence-corrected chi connectivity index (χ4v) is 0.404. The Morgan fingerprint density at radius 2 is 2.00 bits per heavy atom. The summed E-state index contributed by atoms with van der Waals surface area (Å²) in [6, 6.07) is 0. The summed E-state index contributed by atoms with van der Waals surface area (Å²) in [6.45, 7) is 4.00. The number of aromatic amines is 1. The van der Waals surface area contributed by atoms with Gasteiger partial charge in [0.25, 0.3) is 5.56 Å². The number of hydrogen-bond acceptors (Lipinski definition) is 3. The van der Waals surface area contributed by atoms with E-state index in [0.29, 0.717) is 0 Å². The van der Waals surface area contributed by atoms with E-state index in [-0.39, 0.29) is 0 Å². The highest BCUT2D eigenvalue weighted by Crippen LogP contribution is 1.50. The Kier molecular flexibility index (Phi) is 3.87. The van der Waals surface area contributed by atoms with Gasteiger partial charge in [0.1, 0.15) is 6.20 Å². The summed E-state index contributed by atoms with van der Waals surface area (Å²) in [5, 5.41) is 5.37. The van der Waals surface area contributed by atoms with Gasteiger partial charge in [-0.3, -0.25) is 9.36 Å². The molecular weight excluding hydrogens is 146 g/mol. The predicted molar refractivity (Wildman–Crippen MR) is 41.4 cm³/mol. The van der Waals surface area contributed by atoms with Crippen LogP contribution in [0.15, 0.2) is 15.8 Å². The smallest absolute Gasteiger partial charge is 0.267 e. The van der Waals surface area contributed by atoms with Crippen LogP contribution in [0, 0.1) is 0 Å². The highest BCUT2D eigenvalue weighted by molar-refractivity contribution is 4.70. The van der Waals surface area contributed by atoms with Crippen molar-refractivity contribution >= 4 is 0 Å². The summed E-state index contributed by atoms with van der Waals surface area (Å²) in [5.74, 6) is 0. The van der Waals surface area contributed by atoms with Gasteiger partial charge in [0.2, 0.25) is 0 Å². The van der Waals surface area contributed by atoms with E-state index in [0.717, 1.165) is 10.8 Å². The third-order valence-electron chi connectivity index (χ3n) is 0.970. The van der Waals surface area contributed by atoms with Crippen LogP contribution >= 0.6 is 0 Å². The van der Waals surface area contributed by atoms with Gasteiger partial charge < -0.3 is 0 Å². The molecular formula is C6H11N3O2. The summed E-state index contributed by atoms with van der Waals surface area (Å²) in [7, 11) is 1.38. The molecule has 0 aliphatic heterocycles. The minimum absolute atomic E-state index is 0.404. The average molecular weight is 157 g/mol. The lowest BCUT2D eigenvalue weighted by Crippen LogP contribution is -2.32. The van der Waals surface area contributed by atoms with E-state index < -0.39 is 11.2 Å². The first-order valence-electron chi connectivity index (χ1n) is 3.32. The van der Waals surface area contributed by atoms with E-state index in [1.807, 2.05) is 13.8 Å². The lowest BCUT2D eigenvalue weighted by Gasteiger charge is -1.88. The van der Waals surface area contributed by atoms with Crippen molar-refractivity contribution in [1.29, 1.82) is 0 Å². The molecule has 0 unspecified atom stereocenters. The normalized spacial score (nSPS) is 8.27. The monoisotopic (exact) mass is 157 g/mol. The van der Waals surface area contributed by atoms with Crippen molar-refractivity contribution < 1.29 is 0 Å². The molecule has 0 fully saturated rings. The summed E-state index contributed by atoms with van der Waals surface area (Å²) in [6.07, 6.45) is 1.04. The molecule has 5 heteroatoms. The largest absolute Gasteiger partial charge is 0.344 e. The highest BCUT2D eigenvalue weighted by atomic mass is 16.2. The van der Waals surface area contributed by atoms with Crippen molar-refractivity contribution in [1.82, 2.24) is 14.8 Å². The van der Waals surface area contributed by atoms with Crippen LogP contribution < -0.4 is 11.2 Å². The second kappa shape index (κ2) is 4.43. The van der Waals surface area contributed by atoms with Gasteiger partial charge in [0, 0.05) is 7.05 Å². The standard InChI is InChI=1S/C4H5N3O2.C2H6/c1-7-3(8)2-5-6-4(7)9;1-2/h2H,1H3,(H,6,9);1-2H3. The molecule has 0 atom stereocenters. The van der Waals surface area contributed by atoms with Crippen molar-refractivity contribution in [2.24, 2.45) is 7.05 Å². The molecule has 0 spiro atoms. The summed E-state index contributed by atoms with van der Waals surface area (Å²) >= 11 is 0. The van der Waals surface area contributed by atoms with E-state index in [4.69, 9.17) is 0 Å². The molecule has 1 rings (SSSR count). The Balaban J connectivity index is 0.000000461. The molecule has 1 aromatic rings. The first-order chi connectivity index (χ1) is 5.22. The van der Waals surface area contributed by atoms with Crippen molar-refractivity contribution in [3.63, 3.8) is 0 Å². The first-order valence-corrected chi connectivity index (χ1v) is 3.32. The maximum atomic E-state index is 10.5. The van der Waals surface area contributed by atoms with Gasteiger partial charge in [-0.2, -0.15) is 5.10 Å². The molecule has 1 N–H and O–H groups in total. The topological polar surface area (TPSA) is 67.8 Å². The molecule has 11 heavy (non-hydrogen) atoms. The quantitative estimate of drug-likeness (QED) is 0.551. The molecule has 0 aliphatic rings. The lowest BCUT2D eigenvalue weighted by atomic mass is 10.8. The van der Waals surface area contributed by atoms with Crippen LogP contribution in [0.5, 0.6) is 0 Å². The van der Waals surface area contributed by atoms with Crippen molar-refractivity contribution in [3.05, 3.63) is 27.0 Å². The Morgan fingerprint density at radius 3 is 2.36 bits per heavy atom. The molecule has 0 amide bonds. The summed E-state index contributed by atoms with van der Waals surface area (Å²) < 4.78 is 0.937. The van der Waals surface area contributed by atoms with Crippen LogP contribution in [0.25, 0.3) is 0 Å². The van der Waals surface area contributed by atoms with Crippen LogP contribution in [0.1, 0.15) is 13.8 Å². The fourth-order valence-electron chi connectivity index (χ4n) is 0.404. The Bertz CT molecular complexity index is 284. The number of H-pyrrole nitrogens is 1. The van der Waals surface area contributed by atoms with E-state index in [9.17, 15) is 9.59 Å². The third kappa shape index (κ3) is 2.37. The van der Waals surface area contributed by atoms with E-state index in [1.165, 1.54) is 7.05 Å². The Labute approximate surface area is 63.7 Å². The minimum atomic E-state index is -0.498. The van der Waals surface area contributed by atoms with Gasteiger partial charge in [0.05, 0.1) is 0 Å². The number of nitrogens with one attached hydrogen (secondary N) is 1. The molecule has 0 saturated heterocycles. The van der Waals surface area contributed by atoms with Gasteiger partial charge in [-0.1, -0.05) is 13.8 Å². The van der Waals surface area contributed by atoms with Crippen LogP contribution in [0.2, 0.25) is 0 Å². The van der Waals surface area contributed by atoms with Crippen molar-refractivity contribution in [3.8, 4) is 0 Å². The molecule has 5 nitrogen and oxygen atoms in total. The van der Waals surface area contributed by atoms with E-state index in [1.54, 1.807) is 0 Å². The van der Waals surface area contributed by atoms with Gasteiger partial charge >= 0.3 is 5.69 Å². The molecule has 0 saturated carbocycles. The Morgan fingerprint density at radius 1 is 1.45 bits per heavy atom. The average Bonchev–Trinajstić information content (AvgIpc) is 2.04. The van der Waals surface area contributed by atoms with E-state index in [2.05, 4.69) is 10.2 Å². The zero-order valence-corrected chi connectivity index (χ0v) is 6.79. The second-order valence-electron chi connectivity index (χ2n) is 1.57. The van der Waals surface area contributed by atoms with Crippen molar-refractivity contribution in [2.75, 3.05) is 0 Å². The van der Waals surface area contributed by atoms with Gasteiger partial charge in [0.15, 0.2) is 0 Å². The molecule has 1 heterocycles. The number of aromatic nitrogens is 3. The lowest BCUT2D eigenvalue weighted by molar-refractivity contribution is 0.726. The fraction of sp³-hybridized carbons (Fsp3) is 0.500. The molecule has 1 aromatic heterocycles. The zero-order valence-electron chi connectivity index (χ0n) is 6.79. The van der Waals surface area contributed by atoms with Gasteiger partial charge in [-0.25, -0.2) is 9.89 Å². The van der Waals surface area contributed by atoms with Crippen LogP contribution in [0.4, 0.5) is 0 Å². The van der Waals surface area contributed by atoms with Gasteiger partial charge in [-0.05, 0) is 0 Å². The summed E-state index contributed by atoms with van der Waals surface area (Å²) in [4.78, 5) is 21.0. The second-order valence-corrected chi connectivity index (χ2v) is 1.57. The molecule has 0 bridgehead atoms. The Hall–Kier alpha value is -1.39. The van der Waals surface area contributed by atoms with Crippen LogP contribution in [-0.4, -0.2) is 14.8 Å². The highest BCUT2D eigenvalue weighted by Gasteiger charge is 1.89. The predicted octanol–water partition coefficient (Wildman–Crippen LogP) is -0.505. The number of nitrogens with zero attached hydrogens (tertiary/aromatic N) is 2. The number of hydrogen-bond donors (Lipinski definition) is 1. The molecule has 0 aromatic carbocycles. The molecule has 0 radical (unpaired) electrons. The SMILES string of the molecule is CC.Cn1c(=O)cn[nH]c1=O. The maximum absolute atomic E-state index is 10.5. The summed E-state index contributed by atoms with van der Waals surface area (Å²) in [5.41, 5.74) is -0.902. The zero-order chi connectivity index (χ0) is 8.85. The van der Waals surface area contributed by atoms with Crippen LogP contribution in [0.3, 0.4) is 0 Å². The van der Waals surface area contributed by atoms with Gasteiger partial charge in [-0.15, -0.1) is 0 Å². The van der Waals surface area contributed by atoms with E-state index >= 15 is 0 Å². The molecule has 0 aliphatic carbocycles. The molecule has 62 valence electrons. The first kappa shape index (κ1) is 9.61. The van der Waals surface area contributed by atoms with Crippen molar-refractivity contribution in [2.45, 2.75) is 13.8 Å².